The molecule has 0 atom stereocenters. The molecule has 1 aliphatic rings. The van der Waals surface area contributed by atoms with Crippen molar-refractivity contribution in [3.63, 3.8) is 0 Å². The maximum atomic E-state index is 13.8. The van der Waals surface area contributed by atoms with E-state index >= 15 is 0 Å². The summed E-state index contributed by atoms with van der Waals surface area (Å²) in [6.45, 7) is 0. The van der Waals surface area contributed by atoms with Crippen LogP contribution in [0.1, 0.15) is 12.8 Å². The second-order valence-electron chi connectivity index (χ2n) is 4.17. The minimum atomic E-state index is -0.174. The number of aromatic nitrogens is 2. The van der Waals surface area contributed by atoms with E-state index in [0.29, 0.717) is 11.1 Å². The van der Waals surface area contributed by atoms with Crippen molar-refractivity contribution in [3.8, 4) is 11.3 Å². The molecule has 0 spiro atoms. The van der Waals surface area contributed by atoms with Gasteiger partial charge in [-0.2, -0.15) is 5.10 Å². The van der Waals surface area contributed by atoms with Gasteiger partial charge in [0.25, 0.3) is 0 Å². The van der Waals surface area contributed by atoms with Gasteiger partial charge in [-0.3, -0.25) is 5.10 Å². The summed E-state index contributed by atoms with van der Waals surface area (Å²) in [6.07, 6.45) is 2.39. The Morgan fingerprint density at radius 2 is 2.18 bits per heavy atom. The summed E-state index contributed by atoms with van der Waals surface area (Å²) < 4.78 is 13.8. The summed E-state index contributed by atoms with van der Waals surface area (Å²) in [5.74, 6) is 0.240. The number of halogens is 1. The van der Waals surface area contributed by atoms with Gasteiger partial charge in [-0.1, -0.05) is 6.07 Å². The van der Waals surface area contributed by atoms with Crippen molar-refractivity contribution >= 4 is 17.6 Å². The molecule has 5 heteroatoms. The van der Waals surface area contributed by atoms with Gasteiger partial charge in [0.05, 0.1) is 5.69 Å². The van der Waals surface area contributed by atoms with E-state index in [1.807, 2.05) is 12.1 Å². The molecular formula is C12H12FN3S. The number of aromatic amines is 1. The predicted molar refractivity (Wildman–Crippen MR) is 67.3 cm³/mol. The molecule has 1 aliphatic carbocycles. The van der Waals surface area contributed by atoms with Crippen molar-refractivity contribution in [2.45, 2.75) is 23.0 Å². The summed E-state index contributed by atoms with van der Waals surface area (Å²) in [5.41, 5.74) is 7.03. The molecule has 1 aromatic heterocycles. The highest BCUT2D eigenvalue weighted by atomic mass is 32.2. The first kappa shape index (κ1) is 10.7. The number of thioether (sulfide) groups is 1. The third kappa shape index (κ3) is 2.29. The Hall–Kier alpha value is -1.49. The molecule has 0 aliphatic heterocycles. The number of rotatable bonds is 3. The summed E-state index contributed by atoms with van der Waals surface area (Å²) >= 11 is 1.62. The van der Waals surface area contributed by atoms with E-state index in [0.717, 1.165) is 16.2 Å². The van der Waals surface area contributed by atoms with Gasteiger partial charge in [0, 0.05) is 21.8 Å². The summed E-state index contributed by atoms with van der Waals surface area (Å²) in [6, 6.07) is 6.94. The van der Waals surface area contributed by atoms with Crippen molar-refractivity contribution in [1.82, 2.24) is 10.2 Å². The van der Waals surface area contributed by atoms with Crippen molar-refractivity contribution in [2.24, 2.45) is 0 Å². The van der Waals surface area contributed by atoms with Crippen molar-refractivity contribution < 1.29 is 4.39 Å². The monoisotopic (exact) mass is 249 g/mol. The smallest absolute Gasteiger partial charge is 0.145 e. The molecule has 88 valence electrons. The van der Waals surface area contributed by atoms with Gasteiger partial charge in [-0.25, -0.2) is 4.39 Å². The van der Waals surface area contributed by atoms with E-state index in [9.17, 15) is 4.39 Å². The Morgan fingerprint density at radius 1 is 1.35 bits per heavy atom. The van der Waals surface area contributed by atoms with E-state index in [-0.39, 0.29) is 5.82 Å². The van der Waals surface area contributed by atoms with Crippen LogP contribution in [0.2, 0.25) is 0 Å². The second kappa shape index (κ2) is 4.07. The normalized spacial score (nSPS) is 15.1. The van der Waals surface area contributed by atoms with Gasteiger partial charge in [-0.15, -0.1) is 11.8 Å². The lowest BCUT2D eigenvalue weighted by Crippen LogP contribution is -1.86. The number of benzene rings is 1. The summed E-state index contributed by atoms with van der Waals surface area (Å²) in [7, 11) is 0. The summed E-state index contributed by atoms with van der Waals surface area (Å²) in [4.78, 5) is 0.726. The highest BCUT2D eigenvalue weighted by Gasteiger charge is 2.23. The van der Waals surface area contributed by atoms with Crippen LogP contribution in [0.25, 0.3) is 11.3 Å². The number of hydrogen-bond acceptors (Lipinski definition) is 3. The first-order valence-electron chi connectivity index (χ1n) is 5.50. The Bertz CT molecular complexity index is 548. The largest absolute Gasteiger partial charge is 0.382 e. The molecule has 1 fully saturated rings. The van der Waals surface area contributed by atoms with Crippen LogP contribution in [0.4, 0.5) is 10.2 Å². The number of nitrogens with two attached hydrogens (primary N) is 1. The summed E-state index contributed by atoms with van der Waals surface area (Å²) in [5, 5.41) is 7.21. The molecule has 2 aromatic rings. The minimum Gasteiger partial charge on any atom is -0.382 e. The Labute approximate surface area is 103 Å². The Balaban J connectivity index is 1.89. The van der Waals surface area contributed by atoms with E-state index in [1.54, 1.807) is 17.8 Å². The van der Waals surface area contributed by atoms with E-state index in [4.69, 9.17) is 5.73 Å². The maximum Gasteiger partial charge on any atom is 0.145 e. The van der Waals surface area contributed by atoms with Gasteiger partial charge in [-0.05, 0) is 25.0 Å². The molecule has 3 nitrogen and oxygen atoms in total. The number of nitrogen functional groups attached to an aromatic ring is 1. The zero-order valence-corrected chi connectivity index (χ0v) is 9.93. The molecule has 0 amide bonds. The molecule has 0 radical (unpaired) electrons. The number of nitrogens with zero attached hydrogens (tertiary/aromatic N) is 1. The van der Waals surface area contributed by atoms with Crippen LogP contribution in [0.15, 0.2) is 29.2 Å². The standard InChI is InChI=1S/C12H12FN3S/c13-9-5-7(10-6-12(14)16-15-10)1-4-11(9)17-8-2-3-8/h1,4-6,8H,2-3H2,(H3,14,15,16). The molecule has 3 N–H and O–H groups in total. The molecule has 0 unspecified atom stereocenters. The van der Waals surface area contributed by atoms with Crippen LogP contribution in [-0.4, -0.2) is 15.4 Å². The predicted octanol–water partition coefficient (Wildman–Crippen LogP) is 3.05. The van der Waals surface area contributed by atoms with Gasteiger partial charge in [0.1, 0.15) is 11.6 Å². The third-order valence-corrected chi connectivity index (χ3v) is 4.05. The average Bonchev–Trinajstić information content (AvgIpc) is 3.02. The van der Waals surface area contributed by atoms with Gasteiger partial charge in [0.2, 0.25) is 0 Å². The fraction of sp³-hybridized carbons (Fsp3) is 0.250. The van der Waals surface area contributed by atoms with Crippen molar-refractivity contribution in [3.05, 3.63) is 30.1 Å². The lowest BCUT2D eigenvalue weighted by atomic mass is 10.1. The number of H-pyrrole nitrogens is 1. The van der Waals surface area contributed by atoms with E-state index in [1.165, 1.54) is 18.9 Å². The second-order valence-corrected chi connectivity index (χ2v) is 5.51. The lowest BCUT2D eigenvalue weighted by molar-refractivity contribution is 0.602. The van der Waals surface area contributed by atoms with Crippen LogP contribution in [0, 0.1) is 5.82 Å². The molecule has 0 bridgehead atoms. The van der Waals surface area contributed by atoms with Gasteiger partial charge < -0.3 is 5.73 Å². The number of nitrogens with one attached hydrogen (secondary N) is 1. The van der Waals surface area contributed by atoms with Crippen LogP contribution < -0.4 is 5.73 Å². The Morgan fingerprint density at radius 3 is 2.76 bits per heavy atom. The van der Waals surface area contributed by atoms with Crippen LogP contribution in [0.3, 0.4) is 0 Å². The average molecular weight is 249 g/mol. The fourth-order valence-corrected chi connectivity index (χ4v) is 2.66. The molecule has 1 heterocycles. The quantitative estimate of drug-likeness (QED) is 0.879. The fourth-order valence-electron chi connectivity index (χ4n) is 1.61. The first-order chi connectivity index (χ1) is 8.22. The van der Waals surface area contributed by atoms with E-state index < -0.39 is 0 Å². The zero-order valence-electron chi connectivity index (χ0n) is 9.11. The van der Waals surface area contributed by atoms with Gasteiger partial charge >= 0.3 is 0 Å². The topological polar surface area (TPSA) is 54.7 Å². The van der Waals surface area contributed by atoms with Gasteiger partial charge in [0.15, 0.2) is 0 Å². The van der Waals surface area contributed by atoms with Crippen LogP contribution >= 0.6 is 11.8 Å². The lowest BCUT2D eigenvalue weighted by Gasteiger charge is -2.03. The SMILES string of the molecule is Nc1cc(-c2ccc(SC3CC3)c(F)c2)[nH]n1. The van der Waals surface area contributed by atoms with E-state index in [2.05, 4.69) is 10.2 Å². The Kier molecular flexibility index (Phi) is 2.55. The minimum absolute atomic E-state index is 0.174. The first-order valence-corrected chi connectivity index (χ1v) is 6.38. The highest BCUT2D eigenvalue weighted by Crippen LogP contribution is 2.40. The van der Waals surface area contributed by atoms with Crippen LogP contribution in [-0.2, 0) is 0 Å². The molecule has 1 aromatic carbocycles. The molecule has 3 rings (SSSR count). The molecule has 17 heavy (non-hydrogen) atoms. The molecule has 0 saturated heterocycles. The molecular weight excluding hydrogens is 237 g/mol. The molecule has 1 saturated carbocycles. The van der Waals surface area contributed by atoms with Crippen LogP contribution in [0.5, 0.6) is 0 Å². The number of anilines is 1. The van der Waals surface area contributed by atoms with Crippen molar-refractivity contribution in [1.29, 1.82) is 0 Å². The third-order valence-electron chi connectivity index (χ3n) is 2.66. The van der Waals surface area contributed by atoms with Crippen molar-refractivity contribution in [2.75, 3.05) is 5.73 Å². The zero-order chi connectivity index (χ0) is 11.8. The number of hydrogen-bond donors (Lipinski definition) is 2. The highest BCUT2D eigenvalue weighted by molar-refractivity contribution is 8.00. The maximum absolute atomic E-state index is 13.8.